The van der Waals surface area contributed by atoms with Crippen LogP contribution in [0.2, 0.25) is 0 Å². The van der Waals surface area contributed by atoms with Crippen molar-refractivity contribution >= 4 is 41.6 Å². The Morgan fingerprint density at radius 1 is 0.828 bits per heavy atom. The molecule has 2 aromatic rings. The smallest absolute Gasteiger partial charge is 0.404 e. The lowest BCUT2D eigenvalue weighted by atomic mass is 9.43. The fourth-order valence-corrected chi connectivity index (χ4v) is 13.2. The van der Waals surface area contributed by atoms with Crippen LogP contribution in [0.5, 0.6) is 0 Å². The van der Waals surface area contributed by atoms with E-state index in [2.05, 4.69) is 46.9 Å². The second kappa shape index (κ2) is 19.7. The highest BCUT2D eigenvalue weighted by Crippen LogP contribution is 2.65. The van der Waals surface area contributed by atoms with E-state index in [9.17, 15) is 9.59 Å². The molecule has 12 nitrogen and oxygen atoms in total. The molecule has 64 heavy (non-hydrogen) atoms. The van der Waals surface area contributed by atoms with Crippen LogP contribution in [0.1, 0.15) is 153 Å². The summed E-state index contributed by atoms with van der Waals surface area (Å²) in [5.41, 5.74) is 0.246. The number of hydrogen-bond donors (Lipinski definition) is 4. The molecule has 3 heterocycles. The number of rotatable bonds is 14. The van der Waals surface area contributed by atoms with Gasteiger partial charge in [-0.25, -0.2) is 4.79 Å². The molecular formula is C51H75BN6O6. The van der Waals surface area contributed by atoms with Crippen LogP contribution in [0.4, 0.5) is 4.79 Å². The Hall–Kier alpha value is -3.68. The fraction of sp³-hybridized carbons (Fsp3) is 0.725. The molecule has 13 heteroatoms. The largest absolute Gasteiger partial charge is 0.481 e. The fourth-order valence-electron chi connectivity index (χ4n) is 13.2. The molecule has 3 aliphatic heterocycles. The Labute approximate surface area is 382 Å². The number of benzene rings is 2. The highest BCUT2D eigenvalue weighted by molar-refractivity contribution is 6.48. The van der Waals surface area contributed by atoms with Crippen molar-refractivity contribution < 1.29 is 28.5 Å². The van der Waals surface area contributed by atoms with Crippen molar-refractivity contribution in [1.29, 1.82) is 0 Å². The normalized spacial score (nSPS) is 30.5. The average Bonchev–Trinajstić information content (AvgIpc) is 3.92. The quantitative estimate of drug-likeness (QED) is 0.114. The molecule has 0 unspecified atom stereocenters. The van der Waals surface area contributed by atoms with Gasteiger partial charge in [-0.1, -0.05) is 102 Å². The van der Waals surface area contributed by atoms with Gasteiger partial charge in [-0.3, -0.25) is 19.3 Å². The first kappa shape index (κ1) is 45.5. The number of urea groups is 1. The molecule has 4 N–H and O–H groups in total. The van der Waals surface area contributed by atoms with Gasteiger partial charge in [0, 0.05) is 30.7 Å². The molecule has 3 saturated heterocycles. The number of fused-ring (bicyclic) bond motifs is 1. The number of piperidine rings is 1. The number of carbonyl (C=O) groups excluding carboxylic acids is 4. The Kier molecular flexibility index (Phi) is 14.0. The van der Waals surface area contributed by atoms with Gasteiger partial charge in [-0.05, 0) is 130 Å². The first-order valence-electron chi connectivity index (χ1n) is 25.5. The lowest BCUT2D eigenvalue weighted by Gasteiger charge is -2.64. The van der Waals surface area contributed by atoms with Gasteiger partial charge in [0.25, 0.3) is 5.91 Å². The summed E-state index contributed by atoms with van der Waals surface area (Å²) >= 11 is 0. The van der Waals surface area contributed by atoms with E-state index in [1.54, 1.807) is 0 Å². The standard InChI is InChI=1S/C51H75BN6O6/c1-50(2)38-30-43(50)51(3)44(31-38)63-52(64-51)45(22-15-25-53-49(62)54-39-20-9-5-10-21-39)56-47(60)42-32-40(57-26-13-6-14-27-57)33-58(42)48(61)41(28-34-16-7-4-8-17-34)55-46(59)37-24-23-35-18-11-12-19-36(35)29-37/h11-12,18-19,23-24,29,34,38-45H,4-10,13-17,20-22,25-28,30-33H2,1-3H3,(H,55,59)(H,56,60)(H2,53,54,62)/t38-,40+,41+,42-,43-,44+,45-,51-/m0/s1. The summed E-state index contributed by atoms with van der Waals surface area (Å²) in [5.74, 6) is 0.177. The monoisotopic (exact) mass is 879 g/mol. The zero-order valence-corrected chi connectivity index (χ0v) is 38.9. The third kappa shape index (κ3) is 9.73. The average molecular weight is 879 g/mol. The maximum absolute atomic E-state index is 15.2. The van der Waals surface area contributed by atoms with E-state index in [4.69, 9.17) is 9.31 Å². The van der Waals surface area contributed by atoms with Crippen molar-refractivity contribution in [1.82, 2.24) is 31.1 Å². The zero-order chi connectivity index (χ0) is 44.4. The first-order chi connectivity index (χ1) is 31.0. The van der Waals surface area contributed by atoms with Crippen LogP contribution in [0.3, 0.4) is 0 Å². The van der Waals surface area contributed by atoms with Crippen molar-refractivity contribution in [3.8, 4) is 0 Å². The van der Waals surface area contributed by atoms with Gasteiger partial charge in [0.1, 0.15) is 12.1 Å². The molecule has 0 radical (unpaired) electrons. The van der Waals surface area contributed by atoms with E-state index >= 15 is 9.59 Å². The van der Waals surface area contributed by atoms with Crippen LogP contribution >= 0.6 is 0 Å². The van der Waals surface area contributed by atoms with E-state index in [0.717, 1.165) is 101 Å². The van der Waals surface area contributed by atoms with E-state index in [0.29, 0.717) is 62.1 Å². The summed E-state index contributed by atoms with van der Waals surface area (Å²) in [5, 5.41) is 14.9. The molecule has 0 aromatic heterocycles. The van der Waals surface area contributed by atoms with Crippen LogP contribution < -0.4 is 21.3 Å². The topological polar surface area (TPSA) is 141 Å². The van der Waals surface area contributed by atoms with Crippen LogP contribution in [-0.2, 0) is 18.9 Å². The van der Waals surface area contributed by atoms with Gasteiger partial charge >= 0.3 is 13.1 Å². The molecule has 8 atom stereocenters. The Bertz CT molecular complexity index is 1980. The van der Waals surface area contributed by atoms with Gasteiger partial charge in [-0.2, -0.15) is 0 Å². The van der Waals surface area contributed by atoms with Crippen LogP contribution in [0.25, 0.3) is 10.8 Å². The Morgan fingerprint density at radius 3 is 2.30 bits per heavy atom. The van der Waals surface area contributed by atoms with Crippen molar-refractivity contribution in [3.05, 3.63) is 48.0 Å². The van der Waals surface area contributed by atoms with Gasteiger partial charge in [0.05, 0.1) is 17.6 Å². The van der Waals surface area contributed by atoms with Gasteiger partial charge in [-0.15, -0.1) is 0 Å². The van der Waals surface area contributed by atoms with E-state index in [1.165, 1.54) is 19.3 Å². The number of nitrogens with one attached hydrogen (secondary N) is 4. The summed E-state index contributed by atoms with van der Waals surface area (Å²) < 4.78 is 13.8. The van der Waals surface area contributed by atoms with E-state index in [1.807, 2.05) is 47.4 Å². The molecule has 348 valence electrons. The number of likely N-dealkylation sites (tertiary alicyclic amines) is 2. The highest BCUT2D eigenvalue weighted by Gasteiger charge is 2.68. The zero-order valence-electron chi connectivity index (χ0n) is 38.9. The minimum atomic E-state index is -0.751. The summed E-state index contributed by atoms with van der Waals surface area (Å²) in [7, 11) is -0.645. The molecule has 10 rings (SSSR count). The molecular weight excluding hydrogens is 803 g/mol. The summed E-state index contributed by atoms with van der Waals surface area (Å²) in [6.45, 7) is 9.72. The van der Waals surface area contributed by atoms with Crippen molar-refractivity contribution in [2.24, 2.45) is 23.2 Å². The van der Waals surface area contributed by atoms with E-state index in [-0.39, 0.29) is 47.4 Å². The Morgan fingerprint density at radius 2 is 1.55 bits per heavy atom. The lowest BCUT2D eigenvalue weighted by molar-refractivity contribution is -0.199. The molecule has 8 fully saturated rings. The SMILES string of the molecule is CC1(C)[C@@H]2C[C@H]3OB([C@H](CCCNC(=O)NC4CCCCC4)NC(=O)[C@@H]4C[C@@H](N5CCCCC5)CN4C(=O)[C@@H](CC4CCCCC4)NC(=O)c4ccc5ccccc5c4)O[C@@]3(C)[C@H]1C2. The minimum Gasteiger partial charge on any atom is -0.404 e. The predicted octanol–water partition coefficient (Wildman–Crippen LogP) is 7.53. The third-order valence-electron chi connectivity index (χ3n) is 17.2. The maximum atomic E-state index is 15.2. The van der Waals surface area contributed by atoms with Gasteiger partial charge in [0.15, 0.2) is 0 Å². The summed E-state index contributed by atoms with van der Waals surface area (Å²) in [4.78, 5) is 61.6. The van der Waals surface area contributed by atoms with Crippen molar-refractivity contribution in [3.63, 3.8) is 0 Å². The lowest BCUT2D eigenvalue weighted by Crippen LogP contribution is -2.65. The molecule has 5 saturated carbocycles. The second-order valence-corrected chi connectivity index (χ2v) is 21.6. The summed E-state index contributed by atoms with van der Waals surface area (Å²) in [6, 6.07) is 12.4. The predicted molar refractivity (Wildman–Crippen MR) is 250 cm³/mol. The minimum absolute atomic E-state index is 0.0478. The number of amides is 5. The van der Waals surface area contributed by atoms with Crippen LogP contribution in [0, 0.1) is 23.2 Å². The summed E-state index contributed by atoms with van der Waals surface area (Å²) in [6.07, 6.45) is 18.8. The molecule has 8 aliphatic rings. The van der Waals surface area contributed by atoms with Crippen LogP contribution in [-0.4, -0.2) is 109 Å². The van der Waals surface area contributed by atoms with Gasteiger partial charge < -0.3 is 35.5 Å². The molecule has 2 aromatic carbocycles. The number of nitrogens with zero attached hydrogens (tertiary/aromatic N) is 2. The first-order valence-corrected chi connectivity index (χ1v) is 25.5. The molecule has 0 spiro atoms. The molecule has 5 amide bonds. The highest BCUT2D eigenvalue weighted by atomic mass is 16.7. The van der Waals surface area contributed by atoms with Gasteiger partial charge in [0.2, 0.25) is 11.8 Å². The number of hydrogen-bond acceptors (Lipinski definition) is 7. The molecule has 5 aliphatic carbocycles. The van der Waals surface area contributed by atoms with E-state index < -0.39 is 30.7 Å². The van der Waals surface area contributed by atoms with Crippen molar-refractivity contribution in [2.45, 2.75) is 185 Å². The number of carbonyl (C=O) groups is 4. The third-order valence-corrected chi connectivity index (χ3v) is 17.2. The Balaban J connectivity index is 0.942. The van der Waals surface area contributed by atoms with Crippen LogP contribution in [0.15, 0.2) is 42.5 Å². The maximum Gasteiger partial charge on any atom is 0.481 e. The van der Waals surface area contributed by atoms with Crippen molar-refractivity contribution in [2.75, 3.05) is 26.2 Å². The molecule has 2 bridgehead atoms. The second-order valence-electron chi connectivity index (χ2n) is 21.6.